The zero-order chi connectivity index (χ0) is 22.9. The Balaban J connectivity index is 1.31. The van der Waals surface area contributed by atoms with E-state index in [1.165, 1.54) is 10.6 Å². The third kappa shape index (κ3) is 4.07. The molecule has 5 rings (SSSR count). The lowest BCUT2D eigenvalue weighted by atomic mass is 10.2. The van der Waals surface area contributed by atoms with E-state index in [0.717, 1.165) is 22.4 Å². The molecule has 0 unspecified atom stereocenters. The molecule has 0 aliphatic carbocycles. The van der Waals surface area contributed by atoms with Gasteiger partial charge < -0.3 is 14.4 Å². The number of benzene rings is 1. The molecular formula is C23H22ClN7O2. The summed E-state index contributed by atoms with van der Waals surface area (Å²) in [7, 11) is 1.85. The third-order valence-corrected chi connectivity index (χ3v) is 6.27. The summed E-state index contributed by atoms with van der Waals surface area (Å²) in [6.07, 6.45) is 4.92. The molecule has 10 heteroatoms. The van der Waals surface area contributed by atoms with Crippen molar-refractivity contribution < 1.29 is 4.79 Å². The minimum absolute atomic E-state index is 0.100. The summed E-state index contributed by atoms with van der Waals surface area (Å²) in [5.74, 6) is 0.727. The number of aromatic nitrogens is 5. The van der Waals surface area contributed by atoms with Gasteiger partial charge in [0.15, 0.2) is 5.65 Å². The van der Waals surface area contributed by atoms with Crippen LogP contribution in [-0.2, 0) is 13.6 Å². The van der Waals surface area contributed by atoms with Gasteiger partial charge in [-0.1, -0.05) is 29.8 Å². The standard InChI is InChI=1S/C23H22ClN7O2/c1-28-21-18(12-27-28)22(26-15-25-21)29-8-10-30(11-9-29)23(33)17-6-7-20(32)31(14-17)13-16-4-2-3-5-19(16)24/h2-7,12,14-15H,8-11,13H2,1H3. The summed E-state index contributed by atoms with van der Waals surface area (Å²) < 4.78 is 3.24. The lowest BCUT2D eigenvalue weighted by molar-refractivity contribution is 0.0745. The van der Waals surface area contributed by atoms with Crippen molar-refractivity contribution in [2.75, 3.05) is 31.1 Å². The SMILES string of the molecule is Cn1ncc2c(N3CCN(C(=O)c4ccc(=O)n(Cc5ccccc5Cl)c4)CC3)ncnc21. The van der Waals surface area contributed by atoms with Crippen LogP contribution >= 0.6 is 11.6 Å². The fraction of sp³-hybridized carbons (Fsp3) is 0.261. The van der Waals surface area contributed by atoms with E-state index in [-0.39, 0.29) is 11.5 Å². The number of piperazine rings is 1. The Morgan fingerprint density at radius 2 is 1.85 bits per heavy atom. The predicted molar refractivity (Wildman–Crippen MR) is 126 cm³/mol. The van der Waals surface area contributed by atoms with Crippen LogP contribution in [0.2, 0.25) is 5.02 Å². The zero-order valence-electron chi connectivity index (χ0n) is 18.1. The van der Waals surface area contributed by atoms with E-state index in [1.54, 1.807) is 40.4 Å². The first-order chi connectivity index (χ1) is 16.0. The average Bonchev–Trinajstić information content (AvgIpc) is 3.22. The van der Waals surface area contributed by atoms with Gasteiger partial charge in [-0.25, -0.2) is 9.97 Å². The van der Waals surface area contributed by atoms with Gasteiger partial charge in [-0.05, 0) is 17.7 Å². The number of hydrogen-bond donors (Lipinski definition) is 0. The molecule has 1 aliphatic heterocycles. The van der Waals surface area contributed by atoms with Gasteiger partial charge in [0, 0.05) is 50.5 Å². The van der Waals surface area contributed by atoms with Crippen molar-refractivity contribution in [3.8, 4) is 0 Å². The molecule has 1 aliphatic rings. The predicted octanol–water partition coefficient (Wildman–Crippen LogP) is 2.19. The fourth-order valence-electron chi connectivity index (χ4n) is 4.10. The summed E-state index contributed by atoms with van der Waals surface area (Å²) in [6, 6.07) is 10.4. The summed E-state index contributed by atoms with van der Waals surface area (Å²) in [6.45, 7) is 2.70. The highest BCUT2D eigenvalue weighted by molar-refractivity contribution is 6.31. The van der Waals surface area contributed by atoms with E-state index in [2.05, 4.69) is 20.0 Å². The molecule has 0 spiro atoms. The van der Waals surface area contributed by atoms with E-state index in [4.69, 9.17) is 11.6 Å². The second kappa shape index (κ2) is 8.67. The molecule has 0 N–H and O–H groups in total. The molecule has 1 saturated heterocycles. The van der Waals surface area contributed by atoms with Crippen LogP contribution in [-0.4, -0.2) is 61.3 Å². The number of nitrogens with zero attached hydrogens (tertiary/aromatic N) is 7. The quantitative estimate of drug-likeness (QED) is 0.461. The summed E-state index contributed by atoms with van der Waals surface area (Å²) in [4.78, 5) is 38.2. The summed E-state index contributed by atoms with van der Waals surface area (Å²) >= 11 is 6.24. The number of hydrogen-bond acceptors (Lipinski definition) is 6. The first kappa shape index (κ1) is 21.1. The number of anilines is 1. The Labute approximate surface area is 194 Å². The summed E-state index contributed by atoms with van der Waals surface area (Å²) in [5.41, 5.74) is 1.90. The molecule has 0 radical (unpaired) electrons. The van der Waals surface area contributed by atoms with Gasteiger partial charge in [-0.2, -0.15) is 5.10 Å². The second-order valence-corrected chi connectivity index (χ2v) is 8.36. The van der Waals surface area contributed by atoms with Crippen LogP contribution in [0.3, 0.4) is 0 Å². The molecule has 0 atom stereocenters. The highest BCUT2D eigenvalue weighted by atomic mass is 35.5. The van der Waals surface area contributed by atoms with Gasteiger partial charge in [-0.3, -0.25) is 14.3 Å². The number of fused-ring (bicyclic) bond motifs is 1. The molecule has 0 bridgehead atoms. The van der Waals surface area contributed by atoms with Crippen LogP contribution in [0, 0.1) is 0 Å². The third-order valence-electron chi connectivity index (χ3n) is 5.90. The highest BCUT2D eigenvalue weighted by Crippen LogP contribution is 2.23. The first-order valence-electron chi connectivity index (χ1n) is 10.6. The molecule has 4 heterocycles. The minimum atomic E-state index is -0.180. The van der Waals surface area contributed by atoms with E-state index >= 15 is 0 Å². The topological polar surface area (TPSA) is 89.2 Å². The van der Waals surface area contributed by atoms with Crippen LogP contribution in [0.1, 0.15) is 15.9 Å². The largest absolute Gasteiger partial charge is 0.352 e. The number of carbonyl (C=O) groups is 1. The van der Waals surface area contributed by atoms with Crippen molar-refractivity contribution in [1.82, 2.24) is 29.2 Å². The first-order valence-corrected chi connectivity index (χ1v) is 11.0. The molecule has 1 aromatic carbocycles. The van der Waals surface area contributed by atoms with Crippen LogP contribution in [0.25, 0.3) is 11.0 Å². The van der Waals surface area contributed by atoms with Crippen molar-refractivity contribution in [2.24, 2.45) is 7.05 Å². The Bertz CT molecular complexity index is 1390. The smallest absolute Gasteiger partial charge is 0.255 e. The van der Waals surface area contributed by atoms with Gasteiger partial charge in [0.1, 0.15) is 12.1 Å². The number of rotatable bonds is 4. The lowest BCUT2D eigenvalue weighted by Gasteiger charge is -2.35. The van der Waals surface area contributed by atoms with Crippen LogP contribution in [0.15, 0.2) is 59.9 Å². The van der Waals surface area contributed by atoms with Gasteiger partial charge in [0.2, 0.25) is 0 Å². The maximum atomic E-state index is 13.2. The normalized spacial score (nSPS) is 14.1. The molecule has 3 aromatic heterocycles. The fourth-order valence-corrected chi connectivity index (χ4v) is 4.29. The van der Waals surface area contributed by atoms with E-state index in [1.807, 2.05) is 25.2 Å². The van der Waals surface area contributed by atoms with Crippen LogP contribution < -0.4 is 10.5 Å². The van der Waals surface area contributed by atoms with Gasteiger partial charge in [0.25, 0.3) is 11.5 Å². The van der Waals surface area contributed by atoms with Crippen molar-refractivity contribution in [2.45, 2.75) is 6.54 Å². The number of halogens is 1. The van der Waals surface area contributed by atoms with E-state index in [0.29, 0.717) is 43.3 Å². The molecule has 4 aromatic rings. The van der Waals surface area contributed by atoms with Crippen LogP contribution in [0.4, 0.5) is 5.82 Å². The number of pyridine rings is 1. The van der Waals surface area contributed by atoms with E-state index in [9.17, 15) is 9.59 Å². The molecule has 0 saturated carbocycles. The highest BCUT2D eigenvalue weighted by Gasteiger charge is 2.25. The molecular weight excluding hydrogens is 442 g/mol. The number of aryl methyl sites for hydroxylation is 1. The minimum Gasteiger partial charge on any atom is -0.352 e. The van der Waals surface area contributed by atoms with Gasteiger partial charge in [-0.15, -0.1) is 0 Å². The molecule has 33 heavy (non-hydrogen) atoms. The average molecular weight is 464 g/mol. The Morgan fingerprint density at radius 1 is 1.06 bits per heavy atom. The van der Waals surface area contributed by atoms with E-state index < -0.39 is 0 Å². The van der Waals surface area contributed by atoms with Crippen molar-refractivity contribution in [3.05, 3.63) is 81.6 Å². The van der Waals surface area contributed by atoms with Crippen molar-refractivity contribution in [3.63, 3.8) is 0 Å². The number of amides is 1. The lowest BCUT2D eigenvalue weighted by Crippen LogP contribution is -2.49. The maximum absolute atomic E-state index is 13.2. The monoisotopic (exact) mass is 463 g/mol. The Kier molecular flexibility index (Phi) is 5.55. The Hall–Kier alpha value is -3.72. The second-order valence-electron chi connectivity index (χ2n) is 7.96. The number of carbonyl (C=O) groups excluding carboxylic acids is 1. The van der Waals surface area contributed by atoms with Crippen LogP contribution in [0.5, 0.6) is 0 Å². The van der Waals surface area contributed by atoms with Gasteiger partial charge in [0.05, 0.1) is 23.7 Å². The maximum Gasteiger partial charge on any atom is 0.255 e. The molecule has 1 amide bonds. The van der Waals surface area contributed by atoms with Gasteiger partial charge >= 0.3 is 0 Å². The van der Waals surface area contributed by atoms with Crippen molar-refractivity contribution >= 4 is 34.4 Å². The molecule has 168 valence electrons. The Morgan fingerprint density at radius 3 is 2.64 bits per heavy atom. The van der Waals surface area contributed by atoms with Crippen molar-refractivity contribution in [1.29, 1.82) is 0 Å². The molecule has 1 fully saturated rings. The summed E-state index contributed by atoms with van der Waals surface area (Å²) in [5, 5.41) is 5.75. The molecule has 9 nitrogen and oxygen atoms in total. The zero-order valence-corrected chi connectivity index (χ0v) is 18.8.